The van der Waals surface area contributed by atoms with Gasteiger partial charge in [-0.05, 0) is 12.8 Å². The van der Waals surface area contributed by atoms with Crippen LogP contribution in [-0.2, 0) is 0 Å². The normalized spacial score (nSPS) is 12.4. The Labute approximate surface area is 69.0 Å². The zero-order valence-electron chi connectivity index (χ0n) is 6.49. The van der Waals surface area contributed by atoms with Gasteiger partial charge in [-0.2, -0.15) is 0 Å². The molecule has 0 N–H and O–H groups in total. The maximum atomic E-state index is 12.0. The predicted molar refractivity (Wildman–Crippen MR) is 38.5 cm³/mol. The van der Waals surface area contributed by atoms with Crippen LogP contribution in [-0.4, -0.2) is 19.3 Å². The summed E-state index contributed by atoms with van der Waals surface area (Å²) in [6.45, 7) is -0.449. The summed E-state index contributed by atoms with van der Waals surface area (Å²) in [6.07, 6.45) is -4.30. The number of hydrogen-bond acceptors (Lipinski definition) is 0. The highest BCUT2D eigenvalue weighted by Crippen LogP contribution is 2.03. The van der Waals surface area contributed by atoms with E-state index in [1.807, 2.05) is 0 Å². The molecule has 0 bridgehead atoms. The Morgan fingerprint density at radius 3 is 2.25 bits per heavy atom. The van der Waals surface area contributed by atoms with Crippen molar-refractivity contribution in [2.24, 2.45) is 0 Å². The molecule has 1 unspecified atom stereocenters. The lowest BCUT2D eigenvalue weighted by Gasteiger charge is -1.95. The second kappa shape index (κ2) is 6.96. The van der Waals surface area contributed by atoms with Crippen LogP contribution >= 0.6 is 0 Å². The molecule has 0 heterocycles. The Balaban J connectivity index is 3.45. The summed E-state index contributed by atoms with van der Waals surface area (Å²) in [7, 11) is 0. The van der Waals surface area contributed by atoms with Crippen LogP contribution in [0.15, 0.2) is 0 Å². The third-order valence-electron chi connectivity index (χ3n) is 1.15. The molecule has 0 radical (unpaired) electrons. The van der Waals surface area contributed by atoms with Gasteiger partial charge in [0.05, 0.1) is 6.67 Å². The molecule has 0 nitrogen and oxygen atoms in total. The second-order valence-corrected chi connectivity index (χ2v) is 2.20. The molecule has 70 valence electrons. The average molecular weight is 182 g/mol. The van der Waals surface area contributed by atoms with Crippen molar-refractivity contribution < 1.29 is 17.6 Å². The first-order valence-electron chi connectivity index (χ1n) is 3.65. The molecule has 0 amide bonds. The van der Waals surface area contributed by atoms with Gasteiger partial charge in [0.15, 0.2) is 0 Å². The minimum atomic E-state index is -3.04. The summed E-state index contributed by atoms with van der Waals surface area (Å²) in [6, 6.07) is 0. The summed E-state index contributed by atoms with van der Waals surface area (Å²) < 4.78 is 46.4. The van der Waals surface area contributed by atoms with Crippen molar-refractivity contribution in [3.63, 3.8) is 0 Å². The molecule has 0 saturated carbocycles. The van der Waals surface area contributed by atoms with E-state index in [4.69, 9.17) is 0 Å². The van der Waals surface area contributed by atoms with Gasteiger partial charge in [0.25, 0.3) is 6.43 Å². The SMILES string of the molecule is FCCCCC#CC(F)C(F)F. The van der Waals surface area contributed by atoms with Crippen LogP contribution in [0.5, 0.6) is 0 Å². The van der Waals surface area contributed by atoms with Gasteiger partial charge in [-0.1, -0.05) is 5.92 Å². The van der Waals surface area contributed by atoms with Gasteiger partial charge >= 0.3 is 0 Å². The third kappa shape index (κ3) is 6.02. The van der Waals surface area contributed by atoms with Crippen LogP contribution in [0.2, 0.25) is 0 Å². The summed E-state index contributed by atoms with van der Waals surface area (Å²) in [5.74, 6) is 3.98. The molecule has 0 fully saturated rings. The van der Waals surface area contributed by atoms with Crippen LogP contribution < -0.4 is 0 Å². The van der Waals surface area contributed by atoms with Crippen LogP contribution in [0.25, 0.3) is 0 Å². The van der Waals surface area contributed by atoms with E-state index in [-0.39, 0.29) is 6.42 Å². The van der Waals surface area contributed by atoms with E-state index in [0.29, 0.717) is 12.8 Å². The first kappa shape index (κ1) is 11.3. The van der Waals surface area contributed by atoms with Crippen molar-refractivity contribution in [1.29, 1.82) is 0 Å². The zero-order chi connectivity index (χ0) is 9.40. The fourth-order valence-corrected chi connectivity index (χ4v) is 0.541. The van der Waals surface area contributed by atoms with Crippen LogP contribution in [0.4, 0.5) is 17.6 Å². The Hall–Kier alpha value is -0.720. The van der Waals surface area contributed by atoms with Crippen molar-refractivity contribution in [2.75, 3.05) is 6.67 Å². The topological polar surface area (TPSA) is 0 Å². The highest BCUT2D eigenvalue weighted by Gasteiger charge is 2.14. The molecule has 0 aromatic heterocycles. The standard InChI is InChI=1S/C8H10F4/c9-6-4-2-1-3-5-7(10)8(11)12/h7-8H,1-2,4,6H2. The van der Waals surface area contributed by atoms with E-state index >= 15 is 0 Å². The fraction of sp³-hybridized carbons (Fsp3) is 0.750. The van der Waals surface area contributed by atoms with Crippen molar-refractivity contribution in [2.45, 2.75) is 31.9 Å². The molecule has 0 rings (SSSR count). The molecule has 0 aromatic carbocycles. The summed E-state index contributed by atoms with van der Waals surface area (Å²) in [5, 5.41) is 0. The van der Waals surface area contributed by atoms with E-state index in [1.165, 1.54) is 0 Å². The molecule has 0 spiro atoms. The Kier molecular flexibility index (Phi) is 6.54. The Morgan fingerprint density at radius 1 is 1.08 bits per heavy atom. The zero-order valence-corrected chi connectivity index (χ0v) is 6.49. The third-order valence-corrected chi connectivity index (χ3v) is 1.15. The van der Waals surface area contributed by atoms with Crippen molar-refractivity contribution in [3.8, 4) is 11.8 Å². The number of halogens is 4. The Morgan fingerprint density at radius 2 is 1.75 bits per heavy atom. The average Bonchev–Trinajstić information content (AvgIpc) is 2.03. The molecule has 1 atom stereocenters. The van der Waals surface area contributed by atoms with E-state index in [2.05, 4.69) is 5.92 Å². The van der Waals surface area contributed by atoms with Crippen LogP contribution in [0.1, 0.15) is 19.3 Å². The lowest BCUT2D eigenvalue weighted by Crippen LogP contribution is -2.08. The second-order valence-electron chi connectivity index (χ2n) is 2.20. The van der Waals surface area contributed by atoms with E-state index in [0.717, 1.165) is 0 Å². The first-order chi connectivity index (χ1) is 5.68. The molecule has 12 heavy (non-hydrogen) atoms. The van der Waals surface area contributed by atoms with E-state index in [9.17, 15) is 17.6 Å². The number of alkyl halides is 4. The van der Waals surface area contributed by atoms with Gasteiger partial charge in [0.2, 0.25) is 6.17 Å². The summed E-state index contributed by atoms with van der Waals surface area (Å²) in [4.78, 5) is 0. The molecule has 0 aliphatic heterocycles. The van der Waals surface area contributed by atoms with Gasteiger partial charge in [-0.25, -0.2) is 13.2 Å². The first-order valence-corrected chi connectivity index (χ1v) is 3.65. The van der Waals surface area contributed by atoms with Crippen molar-refractivity contribution in [3.05, 3.63) is 0 Å². The molecule has 0 saturated heterocycles. The maximum Gasteiger partial charge on any atom is 0.280 e. The van der Waals surface area contributed by atoms with E-state index in [1.54, 1.807) is 5.92 Å². The monoisotopic (exact) mass is 182 g/mol. The van der Waals surface area contributed by atoms with Gasteiger partial charge < -0.3 is 0 Å². The minimum Gasteiger partial charge on any atom is -0.251 e. The van der Waals surface area contributed by atoms with E-state index < -0.39 is 19.3 Å². The summed E-state index contributed by atoms with van der Waals surface area (Å²) >= 11 is 0. The highest BCUT2D eigenvalue weighted by atomic mass is 19.3. The summed E-state index contributed by atoms with van der Waals surface area (Å²) in [5.41, 5.74) is 0. The molecule has 0 aromatic rings. The predicted octanol–water partition coefficient (Wildman–Crippen LogP) is 2.73. The van der Waals surface area contributed by atoms with Crippen LogP contribution in [0.3, 0.4) is 0 Å². The molecule has 0 aliphatic rings. The minimum absolute atomic E-state index is 0.275. The largest absolute Gasteiger partial charge is 0.280 e. The number of unbranched alkanes of at least 4 members (excludes halogenated alkanes) is 2. The van der Waals surface area contributed by atoms with Gasteiger partial charge in [-0.3, -0.25) is 4.39 Å². The smallest absolute Gasteiger partial charge is 0.251 e. The molecule has 4 heteroatoms. The fourth-order valence-electron chi connectivity index (χ4n) is 0.541. The Bertz CT molecular complexity index is 156. The molecular weight excluding hydrogens is 172 g/mol. The molecular formula is C8H10F4. The van der Waals surface area contributed by atoms with Gasteiger partial charge in [0, 0.05) is 6.42 Å². The highest BCUT2D eigenvalue weighted by molar-refractivity contribution is 5.05. The van der Waals surface area contributed by atoms with Crippen molar-refractivity contribution in [1.82, 2.24) is 0 Å². The van der Waals surface area contributed by atoms with Crippen molar-refractivity contribution >= 4 is 0 Å². The number of rotatable bonds is 4. The van der Waals surface area contributed by atoms with Crippen LogP contribution in [0, 0.1) is 11.8 Å². The quantitative estimate of drug-likeness (QED) is 0.356. The molecule has 0 aliphatic carbocycles. The number of hydrogen-bond donors (Lipinski definition) is 0. The van der Waals surface area contributed by atoms with Gasteiger partial charge in [0.1, 0.15) is 0 Å². The lowest BCUT2D eigenvalue weighted by atomic mass is 10.2. The van der Waals surface area contributed by atoms with Gasteiger partial charge in [-0.15, -0.1) is 5.92 Å². The lowest BCUT2D eigenvalue weighted by molar-refractivity contribution is 0.0797. The maximum absolute atomic E-state index is 12.0.